The Morgan fingerprint density at radius 1 is 0.950 bits per heavy atom. The maximum absolute atomic E-state index is 11.3. The summed E-state index contributed by atoms with van der Waals surface area (Å²) in [5.41, 5.74) is 0.901. The van der Waals surface area contributed by atoms with Crippen molar-refractivity contribution in [2.45, 2.75) is 0 Å². The predicted molar refractivity (Wildman–Crippen MR) is 76.1 cm³/mol. The first-order valence-electron chi connectivity index (χ1n) is 5.81. The number of allylic oxidation sites excluding steroid dienone is 2. The Hall–Kier alpha value is -2.88. The third-order valence-electron chi connectivity index (χ3n) is 2.00. The number of ether oxygens (including phenoxy) is 2. The van der Waals surface area contributed by atoms with Crippen molar-refractivity contribution in [1.82, 2.24) is 0 Å². The van der Waals surface area contributed by atoms with Gasteiger partial charge < -0.3 is 9.47 Å². The average Bonchev–Trinajstić information content (AvgIpc) is 2.46. The number of carbonyl (C=O) groups excluding carboxylic acids is 2. The molecule has 4 heteroatoms. The molecule has 0 saturated heterocycles. The van der Waals surface area contributed by atoms with Crippen molar-refractivity contribution < 1.29 is 19.1 Å². The lowest BCUT2D eigenvalue weighted by Crippen LogP contribution is -1.98. The number of rotatable bonds is 6. The highest BCUT2D eigenvalue weighted by atomic mass is 16.5. The van der Waals surface area contributed by atoms with E-state index in [1.165, 1.54) is 24.7 Å². The molecule has 4 nitrogen and oxygen atoms in total. The van der Waals surface area contributed by atoms with E-state index in [-0.39, 0.29) is 0 Å². The molecule has 0 heterocycles. The molecule has 1 aromatic rings. The summed E-state index contributed by atoms with van der Waals surface area (Å²) in [6.45, 7) is 3.41. The van der Waals surface area contributed by atoms with Gasteiger partial charge in [0.25, 0.3) is 0 Å². The zero-order chi connectivity index (χ0) is 14.6. The van der Waals surface area contributed by atoms with Crippen LogP contribution < -0.4 is 0 Å². The molecule has 0 aromatic heterocycles. The molecule has 1 rings (SSSR count). The lowest BCUT2D eigenvalue weighted by atomic mass is 10.2. The van der Waals surface area contributed by atoms with Gasteiger partial charge in [-0.15, -0.1) is 0 Å². The maximum Gasteiger partial charge on any atom is 0.335 e. The minimum Gasteiger partial charge on any atom is -0.431 e. The lowest BCUT2D eigenvalue weighted by Gasteiger charge is -1.94. The highest BCUT2D eigenvalue weighted by Gasteiger charge is 1.97. The standard InChI is InChI=1S/C16H14O4/c1-2-3-12-19-15(17)9-10-16(18)20-13-11-14-7-5-4-6-8-14/h2-13H,1H2/b10-9-,12-3?,13-11?. The van der Waals surface area contributed by atoms with Crippen LogP contribution in [-0.4, -0.2) is 11.9 Å². The zero-order valence-electron chi connectivity index (χ0n) is 10.8. The van der Waals surface area contributed by atoms with Gasteiger partial charge in [-0.05, 0) is 17.7 Å². The van der Waals surface area contributed by atoms with E-state index in [4.69, 9.17) is 4.74 Å². The summed E-state index contributed by atoms with van der Waals surface area (Å²) in [4.78, 5) is 22.4. The van der Waals surface area contributed by atoms with Gasteiger partial charge in [0.1, 0.15) is 0 Å². The Balaban J connectivity index is 2.36. The van der Waals surface area contributed by atoms with Gasteiger partial charge in [0, 0.05) is 12.2 Å². The molecule has 0 spiro atoms. The molecule has 0 N–H and O–H groups in total. The van der Waals surface area contributed by atoms with Gasteiger partial charge in [-0.2, -0.15) is 0 Å². The van der Waals surface area contributed by atoms with Crippen LogP contribution in [0.1, 0.15) is 5.56 Å². The first-order valence-corrected chi connectivity index (χ1v) is 5.81. The van der Waals surface area contributed by atoms with Gasteiger partial charge in [-0.1, -0.05) is 43.0 Å². The highest BCUT2D eigenvalue weighted by Crippen LogP contribution is 2.01. The summed E-state index contributed by atoms with van der Waals surface area (Å²) in [7, 11) is 0. The number of esters is 2. The van der Waals surface area contributed by atoms with E-state index in [0.29, 0.717) is 0 Å². The van der Waals surface area contributed by atoms with Crippen LogP contribution in [-0.2, 0) is 19.1 Å². The van der Waals surface area contributed by atoms with Crippen molar-refractivity contribution in [1.29, 1.82) is 0 Å². The van der Waals surface area contributed by atoms with E-state index in [9.17, 15) is 9.59 Å². The Morgan fingerprint density at radius 2 is 1.55 bits per heavy atom. The first-order chi connectivity index (χ1) is 9.72. The molecule has 102 valence electrons. The number of carbonyl (C=O) groups is 2. The van der Waals surface area contributed by atoms with Crippen molar-refractivity contribution in [3.8, 4) is 0 Å². The van der Waals surface area contributed by atoms with Crippen LogP contribution in [0.4, 0.5) is 0 Å². The molecule has 0 aliphatic heterocycles. The second kappa shape index (κ2) is 9.10. The molecule has 0 bridgehead atoms. The molecular formula is C16H14O4. The summed E-state index contributed by atoms with van der Waals surface area (Å²) >= 11 is 0. The third kappa shape index (κ3) is 6.76. The smallest absolute Gasteiger partial charge is 0.335 e. The Labute approximate surface area is 117 Å². The summed E-state index contributed by atoms with van der Waals surface area (Å²) in [6.07, 6.45) is 8.93. The van der Waals surface area contributed by atoms with Crippen molar-refractivity contribution in [3.63, 3.8) is 0 Å². The van der Waals surface area contributed by atoms with Gasteiger partial charge in [-0.25, -0.2) is 9.59 Å². The van der Waals surface area contributed by atoms with E-state index in [1.54, 1.807) is 6.08 Å². The maximum atomic E-state index is 11.3. The van der Waals surface area contributed by atoms with Crippen LogP contribution in [0.3, 0.4) is 0 Å². The van der Waals surface area contributed by atoms with Gasteiger partial charge in [0.05, 0.1) is 12.5 Å². The molecule has 0 atom stereocenters. The lowest BCUT2D eigenvalue weighted by molar-refractivity contribution is -0.135. The van der Waals surface area contributed by atoms with Crippen molar-refractivity contribution in [2.75, 3.05) is 0 Å². The van der Waals surface area contributed by atoms with Gasteiger partial charge in [-0.3, -0.25) is 0 Å². The summed E-state index contributed by atoms with van der Waals surface area (Å²) < 4.78 is 9.38. The minimum atomic E-state index is -0.674. The molecular weight excluding hydrogens is 256 g/mol. The quantitative estimate of drug-likeness (QED) is 0.345. The van der Waals surface area contributed by atoms with E-state index >= 15 is 0 Å². The fraction of sp³-hybridized carbons (Fsp3) is 0. The van der Waals surface area contributed by atoms with Crippen LogP contribution in [0.2, 0.25) is 0 Å². The second-order valence-electron chi connectivity index (χ2n) is 3.48. The van der Waals surface area contributed by atoms with Gasteiger partial charge in [0.15, 0.2) is 0 Å². The normalized spacial score (nSPS) is 11.0. The number of benzene rings is 1. The monoisotopic (exact) mass is 270 g/mol. The molecule has 0 saturated carbocycles. The zero-order valence-corrected chi connectivity index (χ0v) is 10.8. The van der Waals surface area contributed by atoms with Crippen molar-refractivity contribution >= 4 is 18.0 Å². The largest absolute Gasteiger partial charge is 0.431 e. The Morgan fingerprint density at radius 3 is 2.15 bits per heavy atom. The molecule has 0 unspecified atom stereocenters. The van der Waals surface area contributed by atoms with Crippen LogP contribution in [0.25, 0.3) is 6.08 Å². The van der Waals surface area contributed by atoms with Crippen molar-refractivity contribution in [3.05, 3.63) is 79.3 Å². The molecule has 0 aliphatic carbocycles. The fourth-order valence-electron chi connectivity index (χ4n) is 1.12. The number of hydrogen-bond acceptors (Lipinski definition) is 4. The fourth-order valence-corrected chi connectivity index (χ4v) is 1.12. The third-order valence-corrected chi connectivity index (χ3v) is 2.00. The molecule has 0 fully saturated rings. The highest BCUT2D eigenvalue weighted by molar-refractivity contribution is 5.92. The van der Waals surface area contributed by atoms with Crippen LogP contribution in [0, 0.1) is 0 Å². The van der Waals surface area contributed by atoms with E-state index in [1.807, 2.05) is 30.3 Å². The predicted octanol–water partition coefficient (Wildman–Crippen LogP) is 3.00. The molecule has 1 aromatic carbocycles. The average molecular weight is 270 g/mol. The Bertz CT molecular complexity index is 539. The molecule has 0 radical (unpaired) electrons. The SMILES string of the molecule is C=CC=COC(=O)/C=C\C(=O)OC=Cc1ccccc1. The molecule has 20 heavy (non-hydrogen) atoms. The summed E-state index contributed by atoms with van der Waals surface area (Å²) in [6, 6.07) is 9.35. The first kappa shape index (κ1) is 15.2. The minimum absolute atomic E-state index is 0.665. The second-order valence-corrected chi connectivity index (χ2v) is 3.48. The van der Waals surface area contributed by atoms with E-state index in [2.05, 4.69) is 11.3 Å². The van der Waals surface area contributed by atoms with E-state index in [0.717, 1.165) is 17.7 Å². The topological polar surface area (TPSA) is 52.6 Å². The molecule has 0 aliphatic rings. The van der Waals surface area contributed by atoms with Crippen molar-refractivity contribution in [2.24, 2.45) is 0 Å². The van der Waals surface area contributed by atoms with Crippen LogP contribution in [0.15, 0.2) is 73.7 Å². The van der Waals surface area contributed by atoms with Gasteiger partial charge >= 0.3 is 11.9 Å². The van der Waals surface area contributed by atoms with Crippen LogP contribution >= 0.6 is 0 Å². The number of hydrogen-bond donors (Lipinski definition) is 0. The van der Waals surface area contributed by atoms with E-state index < -0.39 is 11.9 Å². The summed E-state index contributed by atoms with van der Waals surface area (Å²) in [5, 5.41) is 0. The van der Waals surface area contributed by atoms with Gasteiger partial charge in [0.2, 0.25) is 0 Å². The molecule has 0 amide bonds. The summed E-state index contributed by atoms with van der Waals surface area (Å²) in [5.74, 6) is -1.34. The van der Waals surface area contributed by atoms with Crippen LogP contribution in [0.5, 0.6) is 0 Å². The Kier molecular flexibility index (Phi) is 6.91.